The van der Waals surface area contributed by atoms with Crippen molar-refractivity contribution < 1.29 is 4.79 Å². The van der Waals surface area contributed by atoms with Crippen molar-refractivity contribution in [3.63, 3.8) is 0 Å². The molecule has 0 spiro atoms. The van der Waals surface area contributed by atoms with Gasteiger partial charge in [-0.05, 0) is 18.2 Å². The Balaban J connectivity index is 1.67. The zero-order valence-electron chi connectivity index (χ0n) is 13.0. The molecular weight excluding hydrogens is 314 g/mol. The average molecular weight is 334 g/mol. The maximum absolute atomic E-state index is 12.3. The topological polar surface area (TPSA) is 62.2 Å². The van der Waals surface area contributed by atoms with E-state index in [2.05, 4.69) is 20.5 Å². The van der Waals surface area contributed by atoms with E-state index >= 15 is 0 Å². The molecule has 1 aromatic carbocycles. The molecule has 1 unspecified atom stereocenters. The first-order valence-corrected chi connectivity index (χ1v) is 7.98. The average Bonchev–Trinajstić information content (AvgIpc) is 2.94. The first-order chi connectivity index (χ1) is 11.1. The van der Waals surface area contributed by atoms with Crippen LogP contribution in [0, 0.1) is 0 Å². The molecule has 1 aliphatic rings. The first kappa shape index (κ1) is 16.0. The number of hydrogen-bond acceptors (Lipinski definition) is 4. The molecule has 1 aliphatic heterocycles. The molecule has 2 N–H and O–H groups in total. The number of amides is 1. The van der Waals surface area contributed by atoms with Crippen LogP contribution >= 0.6 is 11.6 Å². The summed E-state index contributed by atoms with van der Waals surface area (Å²) in [5.41, 5.74) is 0.714. The number of anilines is 1. The minimum Gasteiger partial charge on any atom is -0.337 e. The normalized spacial score (nSPS) is 18.8. The van der Waals surface area contributed by atoms with Crippen LogP contribution in [0.5, 0.6) is 0 Å². The van der Waals surface area contributed by atoms with Crippen LogP contribution in [0.2, 0.25) is 5.02 Å². The van der Waals surface area contributed by atoms with Crippen molar-refractivity contribution >= 4 is 23.2 Å². The van der Waals surface area contributed by atoms with E-state index in [-0.39, 0.29) is 11.9 Å². The number of imidazole rings is 1. The number of hydrogen-bond donors (Lipinski definition) is 2. The number of nitrogens with zero attached hydrogens (tertiary/aromatic N) is 3. The lowest BCUT2D eigenvalue weighted by Crippen LogP contribution is -2.49. The Morgan fingerprint density at radius 1 is 1.52 bits per heavy atom. The van der Waals surface area contributed by atoms with Crippen LogP contribution < -0.4 is 10.6 Å². The summed E-state index contributed by atoms with van der Waals surface area (Å²) in [6, 6.07) is 7.27. The second kappa shape index (κ2) is 7.12. The summed E-state index contributed by atoms with van der Waals surface area (Å²) in [6.45, 7) is 2.78. The number of piperazine rings is 1. The number of rotatable bonds is 4. The van der Waals surface area contributed by atoms with Crippen molar-refractivity contribution in [2.45, 2.75) is 6.04 Å². The Labute approximate surface area is 140 Å². The van der Waals surface area contributed by atoms with Crippen LogP contribution in [0.25, 0.3) is 0 Å². The smallest absolute Gasteiger partial charge is 0.238 e. The van der Waals surface area contributed by atoms with Gasteiger partial charge in [-0.15, -0.1) is 0 Å². The van der Waals surface area contributed by atoms with E-state index in [1.165, 1.54) is 0 Å². The van der Waals surface area contributed by atoms with Gasteiger partial charge < -0.3 is 15.2 Å². The quantitative estimate of drug-likeness (QED) is 0.893. The summed E-state index contributed by atoms with van der Waals surface area (Å²) in [4.78, 5) is 18.9. The van der Waals surface area contributed by atoms with E-state index in [4.69, 9.17) is 11.6 Å². The Morgan fingerprint density at radius 2 is 2.39 bits per heavy atom. The summed E-state index contributed by atoms with van der Waals surface area (Å²) >= 11 is 5.95. The van der Waals surface area contributed by atoms with Gasteiger partial charge in [0, 0.05) is 49.8 Å². The van der Waals surface area contributed by atoms with E-state index in [0.29, 0.717) is 17.3 Å². The molecule has 3 rings (SSSR count). The third-order valence-corrected chi connectivity index (χ3v) is 4.20. The zero-order valence-corrected chi connectivity index (χ0v) is 13.8. The molecule has 7 heteroatoms. The highest BCUT2D eigenvalue weighted by Gasteiger charge is 2.28. The van der Waals surface area contributed by atoms with Gasteiger partial charge in [-0.2, -0.15) is 0 Å². The van der Waals surface area contributed by atoms with Crippen molar-refractivity contribution in [1.29, 1.82) is 0 Å². The van der Waals surface area contributed by atoms with Gasteiger partial charge in [0.25, 0.3) is 0 Å². The lowest BCUT2D eigenvalue weighted by atomic mass is 10.1. The SMILES string of the molecule is Cn1ccnc1C1CNCCN1CC(=O)Nc1cccc(Cl)c1. The Kier molecular flexibility index (Phi) is 4.95. The molecule has 2 aromatic rings. The lowest BCUT2D eigenvalue weighted by molar-refractivity contribution is -0.118. The molecule has 0 saturated carbocycles. The molecule has 1 aromatic heterocycles. The Bertz CT molecular complexity index is 687. The standard InChI is InChI=1S/C16H20ClN5O/c1-21-7-6-19-16(21)14-10-18-5-8-22(14)11-15(23)20-13-4-2-3-12(17)9-13/h2-4,6-7,9,14,18H,5,8,10-11H2,1H3,(H,20,23). The molecule has 0 aliphatic carbocycles. The fourth-order valence-corrected chi connectivity index (χ4v) is 3.03. The predicted molar refractivity (Wildman–Crippen MR) is 90.5 cm³/mol. The monoisotopic (exact) mass is 333 g/mol. The predicted octanol–water partition coefficient (Wildman–Crippen LogP) is 1.66. The Hall–Kier alpha value is -1.89. The molecule has 6 nitrogen and oxygen atoms in total. The molecular formula is C16H20ClN5O. The van der Waals surface area contributed by atoms with Crippen molar-refractivity contribution in [2.75, 3.05) is 31.5 Å². The van der Waals surface area contributed by atoms with Crippen molar-refractivity contribution in [2.24, 2.45) is 7.05 Å². The number of aromatic nitrogens is 2. The summed E-state index contributed by atoms with van der Waals surface area (Å²) < 4.78 is 2.00. The van der Waals surface area contributed by atoms with Crippen LogP contribution in [-0.4, -0.2) is 46.5 Å². The van der Waals surface area contributed by atoms with Crippen LogP contribution in [0.3, 0.4) is 0 Å². The van der Waals surface area contributed by atoms with Crippen molar-refractivity contribution in [3.05, 3.63) is 47.5 Å². The van der Waals surface area contributed by atoms with Gasteiger partial charge in [-0.1, -0.05) is 17.7 Å². The fraction of sp³-hybridized carbons (Fsp3) is 0.375. The number of halogens is 1. The number of benzene rings is 1. The van der Waals surface area contributed by atoms with Crippen LogP contribution in [0.1, 0.15) is 11.9 Å². The van der Waals surface area contributed by atoms with Gasteiger partial charge in [0.1, 0.15) is 5.82 Å². The number of nitrogens with one attached hydrogen (secondary N) is 2. The minimum atomic E-state index is -0.0478. The third-order valence-electron chi connectivity index (χ3n) is 3.97. The zero-order chi connectivity index (χ0) is 16.2. The maximum atomic E-state index is 12.3. The van der Waals surface area contributed by atoms with Gasteiger partial charge in [0.2, 0.25) is 5.91 Å². The molecule has 1 amide bonds. The van der Waals surface area contributed by atoms with Crippen LogP contribution in [0.4, 0.5) is 5.69 Å². The van der Waals surface area contributed by atoms with Crippen LogP contribution in [-0.2, 0) is 11.8 Å². The summed E-state index contributed by atoms with van der Waals surface area (Å²) in [6.07, 6.45) is 3.71. The summed E-state index contributed by atoms with van der Waals surface area (Å²) in [5, 5.41) is 6.87. The largest absolute Gasteiger partial charge is 0.337 e. The van der Waals surface area contributed by atoms with E-state index in [1.54, 1.807) is 18.3 Å². The molecule has 1 saturated heterocycles. The molecule has 0 radical (unpaired) electrons. The number of carbonyl (C=O) groups excluding carboxylic acids is 1. The molecule has 1 atom stereocenters. The highest BCUT2D eigenvalue weighted by atomic mass is 35.5. The highest BCUT2D eigenvalue weighted by molar-refractivity contribution is 6.30. The number of carbonyl (C=O) groups is 1. The van der Waals surface area contributed by atoms with Gasteiger partial charge in [-0.25, -0.2) is 4.98 Å². The third kappa shape index (κ3) is 3.90. The molecule has 0 bridgehead atoms. The van der Waals surface area contributed by atoms with E-state index in [9.17, 15) is 4.79 Å². The van der Waals surface area contributed by atoms with Crippen molar-refractivity contribution in [3.8, 4) is 0 Å². The molecule has 2 heterocycles. The highest BCUT2D eigenvalue weighted by Crippen LogP contribution is 2.20. The second-order valence-electron chi connectivity index (χ2n) is 5.65. The molecule has 23 heavy (non-hydrogen) atoms. The van der Waals surface area contributed by atoms with Crippen LogP contribution in [0.15, 0.2) is 36.7 Å². The fourth-order valence-electron chi connectivity index (χ4n) is 2.84. The molecule has 122 valence electrons. The first-order valence-electron chi connectivity index (χ1n) is 7.61. The molecule has 1 fully saturated rings. The second-order valence-corrected chi connectivity index (χ2v) is 6.08. The van der Waals surface area contributed by atoms with Gasteiger partial charge in [-0.3, -0.25) is 9.69 Å². The Morgan fingerprint density at radius 3 is 3.13 bits per heavy atom. The van der Waals surface area contributed by atoms with E-state index in [0.717, 1.165) is 25.5 Å². The van der Waals surface area contributed by atoms with E-state index < -0.39 is 0 Å². The van der Waals surface area contributed by atoms with Gasteiger partial charge in [0.15, 0.2) is 0 Å². The van der Waals surface area contributed by atoms with Crippen molar-refractivity contribution in [1.82, 2.24) is 19.8 Å². The van der Waals surface area contributed by atoms with Gasteiger partial charge >= 0.3 is 0 Å². The summed E-state index contributed by atoms with van der Waals surface area (Å²) in [5.74, 6) is 0.918. The lowest BCUT2D eigenvalue weighted by Gasteiger charge is -2.35. The van der Waals surface area contributed by atoms with Gasteiger partial charge in [0.05, 0.1) is 12.6 Å². The maximum Gasteiger partial charge on any atom is 0.238 e. The minimum absolute atomic E-state index is 0.0478. The van der Waals surface area contributed by atoms with E-state index in [1.807, 2.05) is 29.9 Å². The summed E-state index contributed by atoms with van der Waals surface area (Å²) in [7, 11) is 1.97. The number of aryl methyl sites for hydroxylation is 1.